The predicted molar refractivity (Wildman–Crippen MR) is 144 cm³/mol. The van der Waals surface area contributed by atoms with E-state index in [-0.39, 0.29) is 16.9 Å². The van der Waals surface area contributed by atoms with E-state index < -0.39 is 17.7 Å². The highest BCUT2D eigenvalue weighted by atomic mass is 16.5. The summed E-state index contributed by atoms with van der Waals surface area (Å²) >= 11 is 0. The van der Waals surface area contributed by atoms with Gasteiger partial charge in [-0.25, -0.2) is 0 Å². The summed E-state index contributed by atoms with van der Waals surface area (Å²) < 4.78 is 22.2. The third-order valence-electron chi connectivity index (χ3n) is 6.27. The Kier molecular flexibility index (Phi) is 7.90. The van der Waals surface area contributed by atoms with Crippen molar-refractivity contribution in [3.63, 3.8) is 0 Å². The van der Waals surface area contributed by atoms with E-state index in [4.69, 9.17) is 18.9 Å². The molecule has 0 bridgehead atoms. The van der Waals surface area contributed by atoms with Gasteiger partial charge < -0.3 is 24.1 Å². The van der Waals surface area contributed by atoms with E-state index in [2.05, 4.69) is 0 Å². The van der Waals surface area contributed by atoms with Gasteiger partial charge in [0.15, 0.2) is 11.5 Å². The summed E-state index contributed by atoms with van der Waals surface area (Å²) in [6.45, 7) is 6.47. The fraction of sp³-hybridized carbons (Fsp3) is 0.267. The average molecular weight is 518 g/mol. The van der Waals surface area contributed by atoms with Crippen LogP contribution in [-0.4, -0.2) is 44.2 Å². The quantitative estimate of drug-likeness (QED) is 0.230. The van der Waals surface area contributed by atoms with Crippen LogP contribution in [0.1, 0.15) is 36.6 Å². The SMILES string of the molecule is CCOc1ccc(N2C(=O)C(=O)/C(=C(\O)c3ccc(OC)cc3OC)C2c2cccc(C)c2)cc1OCC. The Bertz CT molecular complexity index is 1400. The third-order valence-corrected chi connectivity index (χ3v) is 6.27. The summed E-state index contributed by atoms with van der Waals surface area (Å²) in [5.41, 5.74) is 2.27. The van der Waals surface area contributed by atoms with Gasteiger partial charge in [-0.05, 0) is 50.6 Å². The molecule has 1 N–H and O–H groups in total. The zero-order valence-electron chi connectivity index (χ0n) is 22.1. The number of benzene rings is 3. The Morgan fingerprint density at radius 1 is 0.868 bits per heavy atom. The molecule has 1 aliphatic heterocycles. The molecular formula is C30H31NO7. The summed E-state index contributed by atoms with van der Waals surface area (Å²) in [5, 5.41) is 11.5. The highest BCUT2D eigenvalue weighted by Crippen LogP contribution is 2.45. The molecule has 4 rings (SSSR count). The normalized spacial score (nSPS) is 16.4. The number of aryl methyl sites for hydroxylation is 1. The molecule has 1 unspecified atom stereocenters. The summed E-state index contributed by atoms with van der Waals surface area (Å²) in [7, 11) is 2.97. The highest BCUT2D eigenvalue weighted by Gasteiger charge is 2.47. The minimum atomic E-state index is -0.894. The van der Waals surface area contributed by atoms with Crippen molar-refractivity contribution < 1.29 is 33.6 Å². The maximum atomic E-state index is 13.6. The number of amides is 1. The van der Waals surface area contributed by atoms with Crippen molar-refractivity contribution in [3.8, 4) is 23.0 Å². The average Bonchev–Trinajstić information content (AvgIpc) is 3.19. The molecule has 38 heavy (non-hydrogen) atoms. The summed E-state index contributed by atoms with van der Waals surface area (Å²) in [6.07, 6.45) is 0. The number of rotatable bonds is 9. The topological polar surface area (TPSA) is 94.5 Å². The smallest absolute Gasteiger partial charge is 0.300 e. The van der Waals surface area contributed by atoms with Crippen LogP contribution in [0.25, 0.3) is 5.76 Å². The summed E-state index contributed by atoms with van der Waals surface area (Å²) in [4.78, 5) is 28.5. The van der Waals surface area contributed by atoms with Crippen molar-refractivity contribution in [2.45, 2.75) is 26.8 Å². The lowest BCUT2D eigenvalue weighted by molar-refractivity contribution is -0.132. The van der Waals surface area contributed by atoms with Crippen molar-refractivity contribution in [1.29, 1.82) is 0 Å². The minimum Gasteiger partial charge on any atom is -0.507 e. The van der Waals surface area contributed by atoms with Gasteiger partial charge in [0.25, 0.3) is 11.7 Å². The molecule has 0 aromatic heterocycles. The number of methoxy groups -OCH3 is 2. The second-order valence-corrected chi connectivity index (χ2v) is 8.65. The number of Topliss-reactive ketones (excluding diaryl/α,β-unsaturated/α-hetero) is 1. The van der Waals surface area contributed by atoms with Gasteiger partial charge in [-0.2, -0.15) is 0 Å². The van der Waals surface area contributed by atoms with Crippen LogP contribution in [0.2, 0.25) is 0 Å². The van der Waals surface area contributed by atoms with Crippen molar-refractivity contribution in [1.82, 2.24) is 0 Å². The Hall–Kier alpha value is -4.46. The molecule has 0 radical (unpaired) electrons. The van der Waals surface area contributed by atoms with Gasteiger partial charge in [-0.3, -0.25) is 14.5 Å². The predicted octanol–water partition coefficient (Wildman–Crippen LogP) is 5.44. The number of anilines is 1. The van der Waals surface area contributed by atoms with E-state index in [9.17, 15) is 14.7 Å². The highest BCUT2D eigenvalue weighted by molar-refractivity contribution is 6.51. The van der Waals surface area contributed by atoms with Crippen molar-refractivity contribution in [3.05, 3.63) is 82.9 Å². The minimum absolute atomic E-state index is 0.0455. The van der Waals surface area contributed by atoms with Gasteiger partial charge in [-0.15, -0.1) is 0 Å². The monoisotopic (exact) mass is 517 g/mol. The number of ketones is 1. The maximum Gasteiger partial charge on any atom is 0.300 e. The van der Waals surface area contributed by atoms with Crippen LogP contribution in [0.4, 0.5) is 5.69 Å². The molecule has 8 nitrogen and oxygen atoms in total. The van der Waals surface area contributed by atoms with Crippen LogP contribution in [0, 0.1) is 6.92 Å². The van der Waals surface area contributed by atoms with Crippen LogP contribution < -0.4 is 23.8 Å². The molecule has 1 aliphatic rings. The van der Waals surface area contributed by atoms with Gasteiger partial charge in [-0.1, -0.05) is 29.8 Å². The first-order valence-electron chi connectivity index (χ1n) is 12.3. The number of hydrogen-bond acceptors (Lipinski definition) is 7. The van der Waals surface area contributed by atoms with Crippen LogP contribution in [-0.2, 0) is 9.59 Å². The second kappa shape index (κ2) is 11.3. The maximum absolute atomic E-state index is 13.6. The lowest BCUT2D eigenvalue weighted by Gasteiger charge is -2.26. The number of hydrogen-bond donors (Lipinski definition) is 1. The first-order valence-corrected chi connectivity index (χ1v) is 12.3. The van der Waals surface area contributed by atoms with Crippen LogP contribution in [0.3, 0.4) is 0 Å². The molecule has 1 saturated heterocycles. The molecule has 3 aromatic carbocycles. The molecular weight excluding hydrogens is 486 g/mol. The van der Waals surface area contributed by atoms with E-state index in [0.717, 1.165) is 5.56 Å². The van der Waals surface area contributed by atoms with Crippen LogP contribution in [0.15, 0.2) is 66.2 Å². The van der Waals surface area contributed by atoms with E-state index in [1.54, 1.807) is 36.4 Å². The Balaban J connectivity index is 1.95. The van der Waals surface area contributed by atoms with Gasteiger partial charge in [0.1, 0.15) is 17.3 Å². The van der Waals surface area contributed by atoms with Gasteiger partial charge >= 0.3 is 0 Å². The molecule has 198 valence electrons. The molecule has 0 spiro atoms. The fourth-order valence-corrected chi connectivity index (χ4v) is 4.58. The van der Waals surface area contributed by atoms with Gasteiger partial charge in [0, 0.05) is 17.8 Å². The Morgan fingerprint density at radius 3 is 2.26 bits per heavy atom. The van der Waals surface area contributed by atoms with Crippen molar-refractivity contribution in [2.24, 2.45) is 0 Å². The van der Waals surface area contributed by atoms with Crippen molar-refractivity contribution in [2.75, 3.05) is 32.3 Å². The van der Waals surface area contributed by atoms with E-state index in [1.165, 1.54) is 19.1 Å². The standard InChI is InChI=1S/C30H31NO7/c1-6-37-23-14-11-20(16-25(23)38-7-2)31-27(19-10-8-9-18(3)15-19)26(29(33)30(31)34)28(32)22-13-12-21(35-4)17-24(22)36-5/h8-17,27,32H,6-7H2,1-5H3/b28-26-. The lowest BCUT2D eigenvalue weighted by atomic mass is 9.94. The van der Waals surface area contributed by atoms with Gasteiger partial charge in [0.2, 0.25) is 0 Å². The third kappa shape index (κ3) is 4.89. The summed E-state index contributed by atoms with van der Waals surface area (Å²) in [6, 6.07) is 16.5. The molecule has 0 saturated carbocycles. The molecule has 1 amide bonds. The molecule has 1 atom stereocenters. The second-order valence-electron chi connectivity index (χ2n) is 8.65. The number of carbonyl (C=O) groups is 2. The zero-order valence-corrected chi connectivity index (χ0v) is 22.1. The number of carbonyl (C=O) groups excluding carboxylic acids is 2. The lowest BCUT2D eigenvalue weighted by Crippen LogP contribution is -2.29. The number of nitrogens with zero attached hydrogens (tertiary/aromatic N) is 1. The fourth-order valence-electron chi connectivity index (χ4n) is 4.58. The first kappa shape index (κ1) is 26.6. The van der Waals surface area contributed by atoms with Crippen LogP contribution >= 0.6 is 0 Å². The van der Waals surface area contributed by atoms with E-state index >= 15 is 0 Å². The van der Waals surface area contributed by atoms with Crippen molar-refractivity contribution >= 4 is 23.1 Å². The number of aliphatic hydroxyl groups is 1. The Labute approximate surface area is 222 Å². The zero-order chi connectivity index (χ0) is 27.4. The molecule has 1 heterocycles. The molecule has 1 fully saturated rings. The largest absolute Gasteiger partial charge is 0.507 e. The molecule has 3 aromatic rings. The number of aliphatic hydroxyl groups excluding tert-OH is 1. The van der Waals surface area contributed by atoms with E-state index in [1.807, 2.05) is 45.0 Å². The number of ether oxygens (including phenoxy) is 4. The molecule has 0 aliphatic carbocycles. The van der Waals surface area contributed by atoms with Gasteiger partial charge in [0.05, 0.1) is 44.6 Å². The van der Waals surface area contributed by atoms with E-state index in [0.29, 0.717) is 47.5 Å². The summed E-state index contributed by atoms with van der Waals surface area (Å²) in [5.74, 6) is -0.107. The first-order chi connectivity index (χ1) is 18.3. The Morgan fingerprint density at radius 2 is 1.61 bits per heavy atom. The molecule has 8 heteroatoms. The van der Waals surface area contributed by atoms with Crippen LogP contribution in [0.5, 0.6) is 23.0 Å².